The van der Waals surface area contributed by atoms with Gasteiger partial charge < -0.3 is 10.2 Å². The van der Waals surface area contributed by atoms with Crippen molar-refractivity contribution in [3.63, 3.8) is 0 Å². The molecule has 1 saturated heterocycles. The fraction of sp³-hybridized carbons (Fsp3) is 0.615. The third-order valence-electron chi connectivity index (χ3n) is 2.88. The number of rotatable bonds is 3. The van der Waals surface area contributed by atoms with E-state index < -0.39 is 0 Å². The van der Waals surface area contributed by atoms with Crippen molar-refractivity contribution in [2.45, 2.75) is 39.7 Å². The fourth-order valence-electron chi connectivity index (χ4n) is 2.08. The maximum Gasteiger partial charge on any atom is 0.272 e. The number of amides is 1. The average molecular weight is 248 g/mol. The van der Waals surface area contributed by atoms with Crippen molar-refractivity contribution in [2.75, 3.05) is 18.4 Å². The molecule has 0 saturated carbocycles. The van der Waals surface area contributed by atoms with Gasteiger partial charge in [-0.15, -0.1) is 0 Å². The molecule has 18 heavy (non-hydrogen) atoms. The van der Waals surface area contributed by atoms with Crippen LogP contribution in [0.4, 0.5) is 5.95 Å². The number of hydrogen-bond acceptors (Lipinski definition) is 4. The number of anilines is 1. The van der Waals surface area contributed by atoms with Gasteiger partial charge in [0, 0.05) is 24.8 Å². The Bertz CT molecular complexity index is 439. The van der Waals surface area contributed by atoms with E-state index in [9.17, 15) is 4.79 Å². The summed E-state index contributed by atoms with van der Waals surface area (Å²) in [5, 5.41) is 3.14. The molecule has 1 fully saturated rings. The molecule has 0 aliphatic carbocycles. The van der Waals surface area contributed by atoms with E-state index in [-0.39, 0.29) is 11.9 Å². The molecule has 2 rings (SSSR count). The van der Waals surface area contributed by atoms with Crippen LogP contribution in [0.25, 0.3) is 0 Å². The molecule has 0 radical (unpaired) electrons. The van der Waals surface area contributed by atoms with Crippen molar-refractivity contribution in [1.29, 1.82) is 0 Å². The molecule has 1 aliphatic rings. The first-order valence-corrected chi connectivity index (χ1v) is 6.48. The Labute approximate surface area is 108 Å². The molecule has 0 aromatic carbocycles. The molecule has 0 unspecified atom stereocenters. The molecular formula is C13H20N4O. The van der Waals surface area contributed by atoms with Crippen molar-refractivity contribution in [3.8, 4) is 0 Å². The van der Waals surface area contributed by atoms with Crippen LogP contribution in [0, 0.1) is 6.92 Å². The van der Waals surface area contributed by atoms with E-state index in [2.05, 4.69) is 15.3 Å². The highest BCUT2D eigenvalue weighted by molar-refractivity contribution is 5.92. The second-order valence-corrected chi connectivity index (χ2v) is 5.02. The smallest absolute Gasteiger partial charge is 0.272 e. The minimum absolute atomic E-state index is 0.0183. The SMILES string of the molecule is Cc1cc(C(=O)N2CCCC2)nc(NC(C)C)n1. The molecule has 2 heterocycles. The Morgan fingerprint density at radius 3 is 2.61 bits per heavy atom. The van der Waals surface area contributed by atoms with E-state index in [0.29, 0.717) is 11.6 Å². The van der Waals surface area contributed by atoms with Crippen LogP contribution >= 0.6 is 0 Å². The quantitative estimate of drug-likeness (QED) is 0.886. The predicted molar refractivity (Wildman–Crippen MR) is 70.7 cm³/mol. The van der Waals surface area contributed by atoms with Crippen molar-refractivity contribution >= 4 is 11.9 Å². The number of likely N-dealkylation sites (tertiary alicyclic amines) is 1. The van der Waals surface area contributed by atoms with Gasteiger partial charge in [-0.05, 0) is 39.7 Å². The summed E-state index contributed by atoms with van der Waals surface area (Å²) in [6.45, 7) is 7.61. The van der Waals surface area contributed by atoms with E-state index in [0.717, 1.165) is 31.6 Å². The van der Waals surface area contributed by atoms with Gasteiger partial charge >= 0.3 is 0 Å². The lowest BCUT2D eigenvalue weighted by Gasteiger charge is -2.16. The predicted octanol–water partition coefficient (Wildman–Crippen LogP) is 1.84. The molecule has 5 heteroatoms. The monoisotopic (exact) mass is 248 g/mol. The van der Waals surface area contributed by atoms with E-state index in [1.54, 1.807) is 6.07 Å². The molecule has 5 nitrogen and oxygen atoms in total. The maximum absolute atomic E-state index is 12.2. The standard InChI is InChI=1S/C13H20N4O/c1-9(2)14-13-15-10(3)8-11(16-13)12(18)17-6-4-5-7-17/h8-9H,4-7H2,1-3H3,(H,14,15,16). The third-order valence-corrected chi connectivity index (χ3v) is 2.88. The second kappa shape index (κ2) is 5.33. The zero-order valence-electron chi connectivity index (χ0n) is 11.2. The largest absolute Gasteiger partial charge is 0.352 e. The van der Waals surface area contributed by atoms with Crippen LogP contribution in [0.1, 0.15) is 42.9 Å². The van der Waals surface area contributed by atoms with Crippen molar-refractivity contribution in [1.82, 2.24) is 14.9 Å². The summed E-state index contributed by atoms with van der Waals surface area (Å²) in [6.07, 6.45) is 2.18. The van der Waals surface area contributed by atoms with E-state index in [1.807, 2.05) is 25.7 Å². The van der Waals surface area contributed by atoms with Gasteiger partial charge in [-0.1, -0.05) is 0 Å². The molecule has 1 aromatic rings. The van der Waals surface area contributed by atoms with Gasteiger partial charge in [0.1, 0.15) is 5.69 Å². The van der Waals surface area contributed by atoms with Crippen LogP contribution in [0.15, 0.2) is 6.07 Å². The third kappa shape index (κ3) is 2.97. The Kier molecular flexibility index (Phi) is 3.79. The second-order valence-electron chi connectivity index (χ2n) is 5.02. The van der Waals surface area contributed by atoms with Crippen LogP contribution in [0.2, 0.25) is 0 Å². The number of hydrogen-bond donors (Lipinski definition) is 1. The summed E-state index contributed by atoms with van der Waals surface area (Å²) in [6, 6.07) is 2.01. The van der Waals surface area contributed by atoms with E-state index >= 15 is 0 Å². The number of nitrogens with one attached hydrogen (secondary N) is 1. The molecule has 0 atom stereocenters. The zero-order valence-corrected chi connectivity index (χ0v) is 11.2. The normalized spacial score (nSPS) is 15.2. The van der Waals surface area contributed by atoms with Crippen LogP contribution in [0.3, 0.4) is 0 Å². The van der Waals surface area contributed by atoms with Crippen molar-refractivity contribution in [2.24, 2.45) is 0 Å². The molecule has 0 spiro atoms. The number of carbonyl (C=O) groups excluding carboxylic acids is 1. The first-order valence-electron chi connectivity index (χ1n) is 6.48. The highest BCUT2D eigenvalue weighted by Crippen LogP contribution is 2.13. The topological polar surface area (TPSA) is 58.1 Å². The minimum atomic E-state index is 0.0183. The van der Waals surface area contributed by atoms with Crippen molar-refractivity contribution < 1.29 is 4.79 Å². The lowest BCUT2D eigenvalue weighted by molar-refractivity contribution is 0.0787. The Hall–Kier alpha value is -1.65. The number of aromatic nitrogens is 2. The summed E-state index contributed by atoms with van der Waals surface area (Å²) >= 11 is 0. The Morgan fingerprint density at radius 2 is 2.00 bits per heavy atom. The number of aryl methyl sites for hydroxylation is 1. The summed E-state index contributed by atoms with van der Waals surface area (Å²) in [5.74, 6) is 0.553. The Morgan fingerprint density at radius 1 is 1.33 bits per heavy atom. The van der Waals surface area contributed by atoms with Gasteiger partial charge in [-0.25, -0.2) is 9.97 Å². The zero-order chi connectivity index (χ0) is 13.1. The van der Waals surface area contributed by atoms with Gasteiger partial charge in [-0.2, -0.15) is 0 Å². The number of nitrogens with zero attached hydrogens (tertiary/aromatic N) is 3. The van der Waals surface area contributed by atoms with Crippen LogP contribution in [-0.2, 0) is 0 Å². The Balaban J connectivity index is 2.21. The highest BCUT2D eigenvalue weighted by Gasteiger charge is 2.21. The van der Waals surface area contributed by atoms with Gasteiger partial charge in [0.15, 0.2) is 0 Å². The fourth-order valence-corrected chi connectivity index (χ4v) is 2.08. The van der Waals surface area contributed by atoms with Gasteiger partial charge in [0.2, 0.25) is 5.95 Å². The van der Waals surface area contributed by atoms with Gasteiger partial charge in [-0.3, -0.25) is 4.79 Å². The van der Waals surface area contributed by atoms with Crippen molar-refractivity contribution in [3.05, 3.63) is 17.5 Å². The molecule has 98 valence electrons. The first kappa shape index (κ1) is 12.8. The highest BCUT2D eigenvalue weighted by atomic mass is 16.2. The summed E-state index contributed by atoms with van der Waals surface area (Å²) in [4.78, 5) is 22.7. The number of carbonyl (C=O) groups is 1. The lowest BCUT2D eigenvalue weighted by atomic mass is 10.3. The minimum Gasteiger partial charge on any atom is -0.352 e. The summed E-state index contributed by atoms with van der Waals surface area (Å²) in [5.41, 5.74) is 1.31. The maximum atomic E-state index is 12.2. The summed E-state index contributed by atoms with van der Waals surface area (Å²) in [7, 11) is 0. The van der Waals surface area contributed by atoms with Gasteiger partial charge in [0.05, 0.1) is 0 Å². The molecule has 1 aliphatic heterocycles. The molecule has 0 bridgehead atoms. The van der Waals surface area contributed by atoms with E-state index in [1.165, 1.54) is 0 Å². The first-order chi connectivity index (χ1) is 8.56. The van der Waals surface area contributed by atoms with Crippen LogP contribution in [-0.4, -0.2) is 39.9 Å². The van der Waals surface area contributed by atoms with E-state index in [4.69, 9.17) is 0 Å². The molecular weight excluding hydrogens is 228 g/mol. The lowest BCUT2D eigenvalue weighted by Crippen LogP contribution is -2.29. The molecule has 1 aromatic heterocycles. The van der Waals surface area contributed by atoms with Crippen LogP contribution in [0.5, 0.6) is 0 Å². The van der Waals surface area contributed by atoms with Gasteiger partial charge in [0.25, 0.3) is 5.91 Å². The van der Waals surface area contributed by atoms with Crippen LogP contribution < -0.4 is 5.32 Å². The molecule has 1 N–H and O–H groups in total. The summed E-state index contributed by atoms with van der Waals surface area (Å²) < 4.78 is 0. The average Bonchev–Trinajstić information content (AvgIpc) is 2.79. The molecule has 1 amide bonds.